The molecule has 0 heterocycles. The van der Waals surface area contributed by atoms with Gasteiger partial charge in [-0.1, -0.05) is 15.9 Å². The van der Waals surface area contributed by atoms with Crippen molar-refractivity contribution in [2.24, 2.45) is 0 Å². The molecule has 0 aliphatic rings. The Morgan fingerprint density at radius 2 is 1.88 bits per heavy atom. The van der Waals surface area contributed by atoms with Crippen LogP contribution in [0.5, 0.6) is 0 Å². The van der Waals surface area contributed by atoms with Crippen molar-refractivity contribution in [2.45, 2.75) is 18.8 Å². The molecule has 92 valence electrons. The minimum absolute atomic E-state index is 0.346. The number of methoxy groups -OCH3 is 2. The molecular weight excluding hydrogens is 284 g/mol. The Kier molecular flexibility index (Phi) is 5.98. The second-order valence-corrected chi connectivity index (χ2v) is 4.39. The summed E-state index contributed by atoms with van der Waals surface area (Å²) in [5, 5.41) is 12.2. The maximum absolute atomic E-state index is 9.05. The number of nitriles is 1. The molecule has 0 radical (unpaired) electrons. The third kappa shape index (κ3) is 4.73. The summed E-state index contributed by atoms with van der Waals surface area (Å²) >= 11 is 3.36. The molecule has 1 aromatic rings. The molecule has 0 aliphatic carbocycles. The molecule has 5 heteroatoms. The lowest BCUT2D eigenvalue weighted by Gasteiger charge is -2.18. The van der Waals surface area contributed by atoms with Crippen LogP contribution in [0.4, 0.5) is 5.69 Å². The van der Waals surface area contributed by atoms with Gasteiger partial charge in [-0.3, -0.25) is 0 Å². The Bertz CT molecular complexity index is 371. The first-order chi connectivity index (χ1) is 8.19. The van der Waals surface area contributed by atoms with E-state index in [0.717, 1.165) is 10.2 Å². The van der Waals surface area contributed by atoms with E-state index < -0.39 is 0 Å². The minimum Gasteiger partial charge on any atom is -0.370 e. The number of benzene rings is 1. The lowest BCUT2D eigenvalue weighted by Crippen LogP contribution is -2.26. The summed E-state index contributed by atoms with van der Waals surface area (Å²) in [7, 11) is 3.12. The molecule has 0 bridgehead atoms. The maximum Gasteiger partial charge on any atom is 0.159 e. The fraction of sp³-hybridized carbons (Fsp3) is 0.417. The lowest BCUT2D eigenvalue weighted by atomic mass is 10.2. The van der Waals surface area contributed by atoms with E-state index in [2.05, 4.69) is 27.3 Å². The molecule has 0 aromatic heterocycles. The maximum atomic E-state index is 9.05. The van der Waals surface area contributed by atoms with Crippen molar-refractivity contribution in [1.29, 1.82) is 5.26 Å². The van der Waals surface area contributed by atoms with E-state index in [4.69, 9.17) is 14.7 Å². The van der Waals surface area contributed by atoms with Gasteiger partial charge in [-0.25, -0.2) is 0 Å². The predicted molar refractivity (Wildman–Crippen MR) is 69.6 cm³/mol. The average Bonchev–Trinajstić information content (AvgIpc) is 2.37. The molecule has 0 spiro atoms. The number of nitrogens with zero attached hydrogens (tertiary/aromatic N) is 1. The minimum atomic E-state index is -0.373. The first kappa shape index (κ1) is 14.0. The Balaban J connectivity index is 2.58. The van der Waals surface area contributed by atoms with Gasteiger partial charge < -0.3 is 14.8 Å². The third-order valence-electron chi connectivity index (χ3n) is 2.29. The fourth-order valence-electron chi connectivity index (χ4n) is 1.37. The van der Waals surface area contributed by atoms with E-state index in [1.54, 1.807) is 14.2 Å². The highest BCUT2D eigenvalue weighted by atomic mass is 79.9. The summed E-state index contributed by atoms with van der Waals surface area (Å²) in [6.07, 6.45) is 0.0992. The fourth-order valence-corrected chi connectivity index (χ4v) is 1.64. The van der Waals surface area contributed by atoms with Crippen LogP contribution < -0.4 is 5.32 Å². The summed E-state index contributed by atoms with van der Waals surface area (Å²) < 4.78 is 11.1. The molecule has 0 fully saturated rings. The summed E-state index contributed by atoms with van der Waals surface area (Å²) in [5.74, 6) is 0. The van der Waals surface area contributed by atoms with E-state index in [0.29, 0.717) is 6.42 Å². The van der Waals surface area contributed by atoms with Crippen LogP contribution in [0.3, 0.4) is 0 Å². The van der Waals surface area contributed by atoms with Crippen LogP contribution in [0.1, 0.15) is 6.42 Å². The Morgan fingerprint density at radius 3 is 2.35 bits per heavy atom. The monoisotopic (exact) mass is 298 g/mol. The van der Waals surface area contributed by atoms with Crippen molar-refractivity contribution in [3.05, 3.63) is 28.7 Å². The summed E-state index contributed by atoms with van der Waals surface area (Å²) in [4.78, 5) is 0. The van der Waals surface area contributed by atoms with Crippen molar-refractivity contribution in [2.75, 3.05) is 19.5 Å². The molecule has 0 aliphatic heterocycles. The molecule has 0 saturated heterocycles. The van der Waals surface area contributed by atoms with E-state index in [1.807, 2.05) is 24.3 Å². The number of anilines is 1. The van der Waals surface area contributed by atoms with Crippen molar-refractivity contribution >= 4 is 21.6 Å². The second kappa shape index (κ2) is 7.28. The lowest BCUT2D eigenvalue weighted by molar-refractivity contribution is -0.106. The smallest absolute Gasteiger partial charge is 0.159 e. The summed E-state index contributed by atoms with van der Waals surface area (Å²) in [6, 6.07) is 9.48. The second-order valence-electron chi connectivity index (χ2n) is 3.47. The van der Waals surface area contributed by atoms with Crippen LogP contribution in [0.2, 0.25) is 0 Å². The zero-order valence-electron chi connectivity index (χ0n) is 9.81. The van der Waals surface area contributed by atoms with Gasteiger partial charge in [0.2, 0.25) is 0 Å². The molecule has 0 amide bonds. The summed E-state index contributed by atoms with van der Waals surface area (Å²) in [6.45, 7) is 0. The van der Waals surface area contributed by atoms with Crippen LogP contribution in [0.25, 0.3) is 0 Å². The topological polar surface area (TPSA) is 54.3 Å². The molecule has 17 heavy (non-hydrogen) atoms. The Morgan fingerprint density at radius 1 is 1.29 bits per heavy atom. The Hall–Kier alpha value is -1.09. The van der Waals surface area contributed by atoms with Gasteiger partial charge in [0, 0.05) is 30.8 Å². The van der Waals surface area contributed by atoms with E-state index in [-0.39, 0.29) is 12.3 Å². The number of hydrogen-bond donors (Lipinski definition) is 1. The highest BCUT2D eigenvalue weighted by molar-refractivity contribution is 9.10. The van der Waals surface area contributed by atoms with Crippen molar-refractivity contribution < 1.29 is 9.47 Å². The van der Waals surface area contributed by atoms with Gasteiger partial charge >= 0.3 is 0 Å². The highest BCUT2D eigenvalue weighted by Gasteiger charge is 2.14. The van der Waals surface area contributed by atoms with E-state index in [1.165, 1.54) is 0 Å². The quantitative estimate of drug-likeness (QED) is 0.821. The van der Waals surface area contributed by atoms with Gasteiger partial charge in [0.1, 0.15) is 6.04 Å². The zero-order valence-corrected chi connectivity index (χ0v) is 11.4. The van der Waals surface area contributed by atoms with E-state index in [9.17, 15) is 0 Å². The molecule has 1 N–H and O–H groups in total. The predicted octanol–water partition coefficient (Wildman–Crippen LogP) is 2.76. The molecule has 1 rings (SSSR count). The number of halogens is 1. The molecular formula is C12H15BrN2O2. The molecule has 1 atom stereocenters. The Labute approximate surface area is 110 Å². The first-order valence-electron chi connectivity index (χ1n) is 5.17. The SMILES string of the molecule is COC(CC(C#N)Nc1ccc(Br)cc1)OC. The highest BCUT2D eigenvalue weighted by Crippen LogP contribution is 2.16. The van der Waals surface area contributed by atoms with Crippen LogP contribution in [-0.2, 0) is 9.47 Å². The standard InChI is InChI=1S/C12H15BrN2O2/c1-16-12(17-2)7-11(8-14)15-10-5-3-9(13)4-6-10/h3-6,11-12,15H,7H2,1-2H3. The molecule has 0 saturated carbocycles. The number of ether oxygens (including phenoxy) is 2. The normalized spacial score (nSPS) is 12.2. The average molecular weight is 299 g/mol. The molecule has 1 unspecified atom stereocenters. The van der Waals surface area contributed by atoms with Crippen LogP contribution >= 0.6 is 15.9 Å². The van der Waals surface area contributed by atoms with Crippen molar-refractivity contribution in [3.8, 4) is 6.07 Å². The van der Waals surface area contributed by atoms with Gasteiger partial charge in [-0.05, 0) is 24.3 Å². The zero-order chi connectivity index (χ0) is 12.7. The van der Waals surface area contributed by atoms with Gasteiger partial charge in [0.05, 0.1) is 6.07 Å². The third-order valence-corrected chi connectivity index (χ3v) is 2.82. The molecule has 1 aromatic carbocycles. The van der Waals surface area contributed by atoms with Crippen molar-refractivity contribution in [1.82, 2.24) is 0 Å². The van der Waals surface area contributed by atoms with Gasteiger partial charge in [-0.15, -0.1) is 0 Å². The van der Waals surface area contributed by atoms with Crippen molar-refractivity contribution in [3.63, 3.8) is 0 Å². The van der Waals surface area contributed by atoms with E-state index >= 15 is 0 Å². The number of rotatable bonds is 6. The van der Waals surface area contributed by atoms with Gasteiger partial charge in [0.25, 0.3) is 0 Å². The molecule has 4 nitrogen and oxygen atoms in total. The van der Waals surface area contributed by atoms with Crippen LogP contribution in [-0.4, -0.2) is 26.6 Å². The van der Waals surface area contributed by atoms with Gasteiger partial charge in [0.15, 0.2) is 6.29 Å². The summed E-state index contributed by atoms with van der Waals surface area (Å²) in [5.41, 5.74) is 0.894. The van der Waals surface area contributed by atoms with Crippen LogP contribution in [0, 0.1) is 11.3 Å². The number of hydrogen-bond acceptors (Lipinski definition) is 4. The first-order valence-corrected chi connectivity index (χ1v) is 5.96. The van der Waals surface area contributed by atoms with Crippen LogP contribution in [0.15, 0.2) is 28.7 Å². The largest absolute Gasteiger partial charge is 0.370 e. The number of nitrogens with one attached hydrogen (secondary N) is 1. The van der Waals surface area contributed by atoms with Gasteiger partial charge in [-0.2, -0.15) is 5.26 Å².